The number of anilines is 2. The lowest BCUT2D eigenvalue weighted by molar-refractivity contribution is -0.177. The van der Waals surface area contributed by atoms with Gasteiger partial charge in [0.1, 0.15) is 5.82 Å². The quantitative estimate of drug-likeness (QED) is 0.540. The van der Waals surface area contributed by atoms with Crippen LogP contribution < -0.4 is 5.32 Å². The number of carbonyl (C=O) groups excluding carboxylic acids is 1. The van der Waals surface area contributed by atoms with Crippen LogP contribution >= 0.6 is 0 Å². The minimum Gasteiger partial charge on any atom is -0.355 e. The predicted octanol–water partition coefficient (Wildman–Crippen LogP) is 5.63. The van der Waals surface area contributed by atoms with E-state index in [0.29, 0.717) is 11.3 Å². The number of nitrogens with one attached hydrogen (secondary N) is 1. The molecule has 27 heavy (non-hydrogen) atoms. The summed E-state index contributed by atoms with van der Waals surface area (Å²) in [4.78, 5) is 12.0. The highest BCUT2D eigenvalue weighted by Gasteiger charge is 2.26. The first-order valence-electron chi connectivity index (χ1n) is 9.05. The maximum atomic E-state index is 14.3. The molecule has 0 aromatic heterocycles. The predicted molar refractivity (Wildman–Crippen MR) is 107 cm³/mol. The van der Waals surface area contributed by atoms with Crippen molar-refractivity contribution in [1.82, 2.24) is 5.06 Å². The van der Waals surface area contributed by atoms with Crippen LogP contribution in [0, 0.1) is 11.2 Å². The van der Waals surface area contributed by atoms with Crippen molar-refractivity contribution in [3.8, 4) is 0 Å². The van der Waals surface area contributed by atoms with Gasteiger partial charge in [-0.05, 0) is 40.8 Å². The topological polar surface area (TPSA) is 52.6 Å². The van der Waals surface area contributed by atoms with Gasteiger partial charge in [0, 0.05) is 16.8 Å². The van der Waals surface area contributed by atoms with Gasteiger partial charge < -0.3 is 5.32 Å². The molecule has 0 atom stereocenters. The Morgan fingerprint density at radius 1 is 1.00 bits per heavy atom. The molecule has 4 nitrogen and oxygen atoms in total. The summed E-state index contributed by atoms with van der Waals surface area (Å²) >= 11 is 0. The van der Waals surface area contributed by atoms with Crippen molar-refractivity contribution in [2.45, 2.75) is 53.5 Å². The van der Waals surface area contributed by atoms with Gasteiger partial charge in [0.25, 0.3) is 5.91 Å². The molecule has 0 heterocycles. The van der Waals surface area contributed by atoms with Crippen molar-refractivity contribution >= 4 is 17.3 Å². The molecule has 0 saturated heterocycles. The van der Waals surface area contributed by atoms with Crippen LogP contribution in [0.5, 0.6) is 0 Å². The van der Waals surface area contributed by atoms with Gasteiger partial charge in [0.15, 0.2) is 0 Å². The molecule has 2 rings (SSSR count). The van der Waals surface area contributed by atoms with Gasteiger partial charge in [-0.25, -0.2) is 9.45 Å². The van der Waals surface area contributed by atoms with E-state index in [1.165, 1.54) is 6.07 Å². The molecule has 0 saturated carbocycles. The molecule has 0 spiro atoms. The summed E-state index contributed by atoms with van der Waals surface area (Å²) in [6, 6.07) is 12.5. The zero-order valence-corrected chi connectivity index (χ0v) is 16.9. The summed E-state index contributed by atoms with van der Waals surface area (Å²) in [6.07, 6.45) is 0. The molecule has 0 bridgehead atoms. The van der Waals surface area contributed by atoms with E-state index in [0.717, 1.165) is 16.3 Å². The van der Waals surface area contributed by atoms with E-state index in [2.05, 4.69) is 5.32 Å². The number of hydrogen-bond acceptors (Lipinski definition) is 3. The lowest BCUT2D eigenvalue weighted by Crippen LogP contribution is -2.36. The van der Waals surface area contributed by atoms with E-state index >= 15 is 0 Å². The first kappa shape index (κ1) is 20.9. The summed E-state index contributed by atoms with van der Waals surface area (Å²) < 4.78 is 14.3. The Bertz CT molecular complexity index is 803. The summed E-state index contributed by atoms with van der Waals surface area (Å²) in [5, 5.41) is 13.9. The number of nitrogens with zero attached hydrogens (tertiary/aromatic N) is 1. The molecule has 2 N–H and O–H groups in total. The fourth-order valence-electron chi connectivity index (χ4n) is 2.69. The summed E-state index contributed by atoms with van der Waals surface area (Å²) in [5.41, 5.74) is 2.06. The molecule has 0 fully saturated rings. The Labute approximate surface area is 161 Å². The highest BCUT2D eigenvalue weighted by atomic mass is 19.1. The normalized spacial score (nSPS) is 12.0. The summed E-state index contributed by atoms with van der Waals surface area (Å²) in [6.45, 7) is 11.3. The fraction of sp³-hybridized carbons (Fsp3) is 0.409. The molecule has 0 aliphatic heterocycles. The van der Waals surface area contributed by atoms with E-state index in [-0.39, 0.29) is 23.7 Å². The van der Waals surface area contributed by atoms with Crippen LogP contribution in [0.25, 0.3) is 0 Å². The molecule has 146 valence electrons. The average Bonchev–Trinajstić information content (AvgIpc) is 2.54. The van der Waals surface area contributed by atoms with Crippen LogP contribution in [0.4, 0.5) is 15.8 Å². The van der Waals surface area contributed by atoms with Crippen LogP contribution in [-0.4, -0.2) is 16.2 Å². The minimum absolute atomic E-state index is 0.116. The fourth-order valence-corrected chi connectivity index (χ4v) is 2.69. The third-order valence-electron chi connectivity index (χ3n) is 4.23. The Morgan fingerprint density at radius 2 is 1.56 bits per heavy atom. The van der Waals surface area contributed by atoms with Gasteiger partial charge in [0.05, 0.1) is 6.54 Å². The van der Waals surface area contributed by atoms with Crippen LogP contribution in [0.15, 0.2) is 42.5 Å². The van der Waals surface area contributed by atoms with Crippen LogP contribution in [0.1, 0.15) is 52.7 Å². The molecule has 0 radical (unpaired) electrons. The zero-order valence-electron chi connectivity index (χ0n) is 16.9. The van der Waals surface area contributed by atoms with E-state index in [1.54, 1.807) is 26.8 Å². The number of amides is 1. The van der Waals surface area contributed by atoms with Crippen LogP contribution in [0.2, 0.25) is 0 Å². The van der Waals surface area contributed by atoms with E-state index < -0.39 is 5.41 Å². The average molecular weight is 372 g/mol. The zero-order chi connectivity index (χ0) is 20.4. The number of hydrogen-bond donors (Lipinski definition) is 2. The highest BCUT2D eigenvalue weighted by Crippen LogP contribution is 2.28. The number of rotatable bonds is 4. The number of halogens is 1. The molecule has 0 aliphatic rings. The highest BCUT2D eigenvalue weighted by molar-refractivity contribution is 5.80. The van der Waals surface area contributed by atoms with Gasteiger partial charge in [0.2, 0.25) is 0 Å². The molecule has 5 heteroatoms. The molecule has 0 unspecified atom stereocenters. The Morgan fingerprint density at radius 3 is 2.04 bits per heavy atom. The van der Waals surface area contributed by atoms with Crippen molar-refractivity contribution in [2.75, 3.05) is 5.32 Å². The lowest BCUT2D eigenvalue weighted by atomic mass is 9.86. The van der Waals surface area contributed by atoms with Crippen LogP contribution in [0.3, 0.4) is 0 Å². The molecular formula is C22H29FN2O2. The Hall–Kier alpha value is -2.40. The second-order valence-electron chi connectivity index (χ2n) is 8.88. The second-order valence-corrected chi connectivity index (χ2v) is 8.88. The monoisotopic (exact) mass is 372 g/mol. The second kappa shape index (κ2) is 7.69. The minimum atomic E-state index is -0.639. The largest absolute Gasteiger partial charge is 0.355 e. The third-order valence-corrected chi connectivity index (χ3v) is 4.23. The van der Waals surface area contributed by atoms with Crippen LogP contribution in [-0.2, 0) is 16.8 Å². The van der Waals surface area contributed by atoms with Gasteiger partial charge >= 0.3 is 0 Å². The van der Waals surface area contributed by atoms with E-state index in [4.69, 9.17) is 0 Å². The van der Waals surface area contributed by atoms with Crippen molar-refractivity contribution in [1.29, 1.82) is 0 Å². The van der Waals surface area contributed by atoms with Gasteiger partial charge in [-0.1, -0.05) is 59.7 Å². The van der Waals surface area contributed by atoms with Gasteiger partial charge in [-0.15, -0.1) is 0 Å². The molecule has 1 amide bonds. The molecular weight excluding hydrogens is 343 g/mol. The number of benzene rings is 2. The Kier molecular flexibility index (Phi) is 5.95. The molecule has 0 aliphatic carbocycles. The first-order valence-corrected chi connectivity index (χ1v) is 9.05. The first-order chi connectivity index (χ1) is 12.4. The van der Waals surface area contributed by atoms with Crippen molar-refractivity contribution < 1.29 is 14.4 Å². The van der Waals surface area contributed by atoms with Crippen molar-refractivity contribution in [2.24, 2.45) is 5.41 Å². The summed E-state index contributed by atoms with van der Waals surface area (Å²) in [5.74, 6) is -0.570. The smallest absolute Gasteiger partial charge is 0.251 e. The van der Waals surface area contributed by atoms with E-state index in [1.807, 2.05) is 51.1 Å². The summed E-state index contributed by atoms with van der Waals surface area (Å²) in [7, 11) is 0. The number of hydroxylamine groups is 2. The molecule has 2 aromatic carbocycles. The third kappa shape index (κ3) is 5.54. The maximum absolute atomic E-state index is 14.3. The lowest BCUT2D eigenvalue weighted by Gasteiger charge is -2.24. The maximum Gasteiger partial charge on any atom is 0.251 e. The van der Waals surface area contributed by atoms with Gasteiger partial charge in [-0.3, -0.25) is 10.0 Å². The van der Waals surface area contributed by atoms with Crippen molar-refractivity contribution in [3.05, 3.63) is 59.4 Å². The Balaban J connectivity index is 2.06. The number of carbonyl (C=O) groups is 1. The van der Waals surface area contributed by atoms with Gasteiger partial charge in [-0.2, -0.15) is 0 Å². The van der Waals surface area contributed by atoms with Crippen molar-refractivity contribution in [3.63, 3.8) is 0 Å². The SMILES string of the molecule is CC(C)(C)C(=O)N(O)Cc1ccc(Nc2ccc(C(C)(C)C)c(F)c2)cc1. The molecule has 2 aromatic rings. The van der Waals surface area contributed by atoms with E-state index in [9.17, 15) is 14.4 Å². The standard InChI is InChI=1S/C22H29FN2O2/c1-21(2,3)18-12-11-17(13-19(18)23)24-16-9-7-15(8-10-16)14-25(27)20(26)22(4,5)6/h7-13,24,27H,14H2,1-6H3.